The molecule has 1 aliphatic rings. The Morgan fingerprint density at radius 3 is 2.68 bits per heavy atom. The molecule has 6 nitrogen and oxygen atoms in total. The molecule has 1 saturated heterocycles. The Hall–Kier alpha value is -2.08. The molecular weight excluding hydrogens is 286 g/mol. The minimum Gasteiger partial charge on any atom is -0.491 e. The second-order valence-electron chi connectivity index (χ2n) is 5.09. The molecule has 22 heavy (non-hydrogen) atoms. The number of methoxy groups -OCH3 is 1. The summed E-state index contributed by atoms with van der Waals surface area (Å²) in [4.78, 5) is 22.6. The number of rotatable bonds is 7. The van der Waals surface area contributed by atoms with Gasteiger partial charge in [-0.2, -0.15) is 0 Å². The molecule has 1 aromatic rings. The number of carbonyl (C=O) groups excluding carboxylic acids is 2. The Kier molecular flexibility index (Phi) is 6.21. The number of amides is 1. The summed E-state index contributed by atoms with van der Waals surface area (Å²) in [6.45, 7) is 1.36. The molecule has 120 valence electrons. The van der Waals surface area contributed by atoms with Crippen LogP contribution in [0.4, 0.5) is 5.69 Å². The van der Waals surface area contributed by atoms with Gasteiger partial charge in [0.15, 0.2) is 0 Å². The van der Waals surface area contributed by atoms with Gasteiger partial charge in [0.2, 0.25) is 5.91 Å². The lowest BCUT2D eigenvalue weighted by molar-refractivity contribution is -0.141. The van der Waals surface area contributed by atoms with E-state index >= 15 is 0 Å². The lowest BCUT2D eigenvalue weighted by Gasteiger charge is -2.12. The molecule has 1 aromatic carbocycles. The highest BCUT2D eigenvalue weighted by Gasteiger charge is 2.15. The van der Waals surface area contributed by atoms with Crippen LogP contribution >= 0.6 is 0 Å². The lowest BCUT2D eigenvalue weighted by atomic mass is 10.2. The molecule has 2 rings (SSSR count). The second kappa shape index (κ2) is 8.38. The highest BCUT2D eigenvalue weighted by atomic mass is 16.5. The van der Waals surface area contributed by atoms with Crippen LogP contribution in [0.15, 0.2) is 24.3 Å². The molecule has 0 unspecified atom stereocenters. The van der Waals surface area contributed by atoms with Crippen molar-refractivity contribution in [2.75, 3.05) is 25.6 Å². The zero-order valence-corrected chi connectivity index (χ0v) is 12.7. The molecule has 0 spiro atoms. The molecule has 0 radical (unpaired) electrons. The van der Waals surface area contributed by atoms with E-state index in [0.717, 1.165) is 25.2 Å². The monoisotopic (exact) mass is 307 g/mol. The van der Waals surface area contributed by atoms with Crippen molar-refractivity contribution in [1.29, 1.82) is 0 Å². The van der Waals surface area contributed by atoms with Gasteiger partial charge in [-0.1, -0.05) is 0 Å². The summed E-state index contributed by atoms with van der Waals surface area (Å²) in [7, 11) is 1.30. The van der Waals surface area contributed by atoms with E-state index in [1.165, 1.54) is 7.11 Å². The normalized spacial score (nSPS) is 17.0. The van der Waals surface area contributed by atoms with Crippen molar-refractivity contribution in [2.45, 2.75) is 31.8 Å². The molecule has 0 saturated carbocycles. The van der Waals surface area contributed by atoms with Crippen molar-refractivity contribution in [3.63, 3.8) is 0 Å². The van der Waals surface area contributed by atoms with Crippen molar-refractivity contribution in [3.05, 3.63) is 24.3 Å². The minimum absolute atomic E-state index is 0.0743. The molecule has 1 heterocycles. The fourth-order valence-electron chi connectivity index (χ4n) is 2.14. The Bertz CT molecular complexity index is 494. The number of esters is 1. The molecule has 1 atom stereocenters. The Balaban J connectivity index is 1.73. The molecular formula is C16H21NO5. The standard InChI is InChI=1S/C16H21NO5/c1-20-16(19)9-8-15(18)17-12-4-6-13(7-5-12)22-11-14-3-2-10-21-14/h4-7,14H,2-3,8-11H2,1H3,(H,17,18)/t14-/m0/s1. The fourth-order valence-corrected chi connectivity index (χ4v) is 2.14. The molecule has 1 N–H and O–H groups in total. The van der Waals surface area contributed by atoms with E-state index in [9.17, 15) is 9.59 Å². The second-order valence-corrected chi connectivity index (χ2v) is 5.09. The van der Waals surface area contributed by atoms with E-state index in [-0.39, 0.29) is 24.9 Å². The van der Waals surface area contributed by atoms with Crippen LogP contribution in [0.1, 0.15) is 25.7 Å². The third-order valence-corrected chi connectivity index (χ3v) is 3.38. The number of ether oxygens (including phenoxy) is 3. The van der Waals surface area contributed by atoms with Crippen LogP contribution < -0.4 is 10.1 Å². The summed E-state index contributed by atoms with van der Waals surface area (Å²) in [5, 5.41) is 2.72. The Morgan fingerprint density at radius 1 is 1.27 bits per heavy atom. The van der Waals surface area contributed by atoms with Crippen molar-refractivity contribution in [2.24, 2.45) is 0 Å². The van der Waals surface area contributed by atoms with Gasteiger partial charge in [-0.05, 0) is 37.1 Å². The van der Waals surface area contributed by atoms with Gasteiger partial charge in [0.1, 0.15) is 12.4 Å². The maximum atomic E-state index is 11.7. The highest BCUT2D eigenvalue weighted by molar-refractivity contribution is 5.92. The van der Waals surface area contributed by atoms with Crippen LogP contribution in [0.2, 0.25) is 0 Å². The minimum atomic E-state index is -0.395. The number of nitrogens with one attached hydrogen (secondary N) is 1. The van der Waals surface area contributed by atoms with E-state index in [0.29, 0.717) is 12.3 Å². The summed E-state index contributed by atoms with van der Waals surface area (Å²) in [6.07, 6.45) is 2.48. The van der Waals surface area contributed by atoms with Crippen LogP contribution in [0.25, 0.3) is 0 Å². The number of benzene rings is 1. The number of anilines is 1. The molecule has 1 fully saturated rings. The molecule has 0 bridgehead atoms. The van der Waals surface area contributed by atoms with Crippen molar-refractivity contribution >= 4 is 17.6 Å². The zero-order chi connectivity index (χ0) is 15.8. The van der Waals surface area contributed by atoms with Gasteiger partial charge in [0.25, 0.3) is 0 Å². The average molecular weight is 307 g/mol. The predicted molar refractivity (Wildman–Crippen MR) is 80.8 cm³/mol. The van der Waals surface area contributed by atoms with Gasteiger partial charge in [0.05, 0.1) is 19.6 Å². The Morgan fingerprint density at radius 2 is 2.05 bits per heavy atom. The summed E-state index contributed by atoms with van der Waals surface area (Å²) >= 11 is 0. The van der Waals surface area contributed by atoms with E-state index in [1.54, 1.807) is 24.3 Å². The smallest absolute Gasteiger partial charge is 0.306 e. The van der Waals surface area contributed by atoms with Crippen LogP contribution in [-0.2, 0) is 19.1 Å². The average Bonchev–Trinajstić information content (AvgIpc) is 3.05. The third kappa shape index (κ3) is 5.37. The Labute approximate surface area is 129 Å². The SMILES string of the molecule is COC(=O)CCC(=O)Nc1ccc(OC[C@@H]2CCCO2)cc1. The van der Waals surface area contributed by atoms with Gasteiger partial charge in [-0.3, -0.25) is 9.59 Å². The van der Waals surface area contributed by atoms with Crippen molar-refractivity contribution in [3.8, 4) is 5.75 Å². The topological polar surface area (TPSA) is 73.9 Å². The van der Waals surface area contributed by atoms with Gasteiger partial charge >= 0.3 is 5.97 Å². The van der Waals surface area contributed by atoms with Gasteiger partial charge < -0.3 is 19.5 Å². The van der Waals surface area contributed by atoms with Crippen LogP contribution in [0.5, 0.6) is 5.75 Å². The van der Waals surface area contributed by atoms with Crippen LogP contribution in [0, 0.1) is 0 Å². The molecule has 6 heteroatoms. The molecule has 1 aliphatic heterocycles. The zero-order valence-electron chi connectivity index (χ0n) is 12.7. The molecule has 0 aromatic heterocycles. The maximum Gasteiger partial charge on any atom is 0.306 e. The number of hydrogen-bond donors (Lipinski definition) is 1. The lowest BCUT2D eigenvalue weighted by Crippen LogP contribution is -2.16. The number of carbonyl (C=O) groups is 2. The van der Waals surface area contributed by atoms with E-state index in [4.69, 9.17) is 9.47 Å². The largest absolute Gasteiger partial charge is 0.491 e. The van der Waals surface area contributed by atoms with Crippen molar-refractivity contribution in [1.82, 2.24) is 0 Å². The van der Waals surface area contributed by atoms with Gasteiger partial charge in [0, 0.05) is 18.7 Å². The van der Waals surface area contributed by atoms with Crippen molar-refractivity contribution < 1.29 is 23.8 Å². The van der Waals surface area contributed by atoms with E-state index in [1.807, 2.05) is 0 Å². The van der Waals surface area contributed by atoms with Gasteiger partial charge in [-0.15, -0.1) is 0 Å². The summed E-state index contributed by atoms with van der Waals surface area (Å²) in [5.41, 5.74) is 0.666. The molecule has 1 amide bonds. The first-order valence-corrected chi connectivity index (χ1v) is 7.38. The quantitative estimate of drug-likeness (QED) is 0.781. The fraction of sp³-hybridized carbons (Fsp3) is 0.500. The van der Waals surface area contributed by atoms with E-state index < -0.39 is 5.97 Å². The van der Waals surface area contributed by atoms with Crippen LogP contribution in [-0.4, -0.2) is 38.3 Å². The maximum absolute atomic E-state index is 11.7. The molecule has 0 aliphatic carbocycles. The third-order valence-electron chi connectivity index (χ3n) is 3.38. The summed E-state index contributed by atoms with van der Waals surface area (Å²) in [6, 6.07) is 7.12. The summed E-state index contributed by atoms with van der Waals surface area (Å²) < 4.78 is 15.6. The van der Waals surface area contributed by atoms with Crippen LogP contribution in [0.3, 0.4) is 0 Å². The summed E-state index contributed by atoms with van der Waals surface area (Å²) in [5.74, 6) is 0.120. The van der Waals surface area contributed by atoms with E-state index in [2.05, 4.69) is 10.1 Å². The number of hydrogen-bond acceptors (Lipinski definition) is 5. The first-order valence-electron chi connectivity index (χ1n) is 7.38. The first-order chi connectivity index (χ1) is 10.7. The highest BCUT2D eigenvalue weighted by Crippen LogP contribution is 2.18. The van der Waals surface area contributed by atoms with Gasteiger partial charge in [-0.25, -0.2) is 0 Å². The first kappa shape index (κ1) is 16.3. The predicted octanol–water partition coefficient (Wildman–Crippen LogP) is 2.14.